The van der Waals surface area contributed by atoms with Crippen LogP contribution in [0.3, 0.4) is 0 Å². The van der Waals surface area contributed by atoms with E-state index >= 15 is 0 Å². The quantitative estimate of drug-likeness (QED) is 0.867. The zero-order valence-electron chi connectivity index (χ0n) is 15.4. The predicted molar refractivity (Wildman–Crippen MR) is 96.5 cm³/mol. The molecule has 0 radical (unpaired) electrons. The normalized spacial score (nSPS) is 10.2. The summed E-state index contributed by atoms with van der Waals surface area (Å²) in [7, 11) is 6.19. The summed E-state index contributed by atoms with van der Waals surface area (Å²) < 4.78 is 21.2. The van der Waals surface area contributed by atoms with Crippen LogP contribution in [0.5, 0.6) is 23.0 Å². The standard InChI is InChI=1S/C19H23NO5/c1-11-12(2)15(22-3)8-7-14(11)19(21)20-13-9-16(23-4)18(25-6)17(10-13)24-5/h7-10H,1-6H3,(H,20,21). The fraction of sp³-hybridized carbons (Fsp3) is 0.316. The van der Waals surface area contributed by atoms with Crippen LogP contribution in [-0.2, 0) is 0 Å². The number of carbonyl (C=O) groups excluding carboxylic acids is 1. The predicted octanol–water partition coefficient (Wildman–Crippen LogP) is 3.59. The van der Waals surface area contributed by atoms with Crippen molar-refractivity contribution in [1.29, 1.82) is 0 Å². The van der Waals surface area contributed by atoms with E-state index in [0.717, 1.165) is 16.9 Å². The van der Waals surface area contributed by atoms with Crippen molar-refractivity contribution in [2.75, 3.05) is 33.8 Å². The molecule has 0 aliphatic carbocycles. The minimum Gasteiger partial charge on any atom is -0.496 e. The Hall–Kier alpha value is -2.89. The van der Waals surface area contributed by atoms with Crippen molar-refractivity contribution in [3.8, 4) is 23.0 Å². The molecule has 1 N–H and O–H groups in total. The largest absolute Gasteiger partial charge is 0.496 e. The van der Waals surface area contributed by atoms with Crippen LogP contribution in [0.15, 0.2) is 24.3 Å². The summed E-state index contributed by atoms with van der Waals surface area (Å²) in [5.41, 5.74) is 2.92. The van der Waals surface area contributed by atoms with Gasteiger partial charge in [-0.25, -0.2) is 0 Å². The van der Waals surface area contributed by atoms with Gasteiger partial charge < -0.3 is 24.3 Å². The first-order chi connectivity index (χ1) is 12.0. The zero-order chi connectivity index (χ0) is 18.6. The van der Waals surface area contributed by atoms with Crippen molar-refractivity contribution in [3.05, 3.63) is 41.0 Å². The second-order valence-electron chi connectivity index (χ2n) is 5.43. The molecule has 0 aliphatic rings. The first-order valence-electron chi connectivity index (χ1n) is 7.72. The van der Waals surface area contributed by atoms with Crippen LogP contribution in [-0.4, -0.2) is 34.3 Å². The summed E-state index contributed by atoms with van der Waals surface area (Å²) in [6, 6.07) is 6.90. The van der Waals surface area contributed by atoms with E-state index in [1.54, 1.807) is 31.4 Å². The van der Waals surface area contributed by atoms with Crippen LogP contribution in [0.25, 0.3) is 0 Å². The number of nitrogens with one attached hydrogen (secondary N) is 1. The molecule has 2 aromatic rings. The lowest BCUT2D eigenvalue weighted by Crippen LogP contribution is -2.14. The number of hydrogen-bond acceptors (Lipinski definition) is 5. The molecule has 6 nitrogen and oxygen atoms in total. The van der Waals surface area contributed by atoms with Crippen molar-refractivity contribution in [3.63, 3.8) is 0 Å². The molecular formula is C19H23NO5. The highest BCUT2D eigenvalue weighted by Crippen LogP contribution is 2.40. The summed E-state index contributed by atoms with van der Waals surface area (Å²) in [5.74, 6) is 1.94. The first-order valence-corrected chi connectivity index (χ1v) is 7.72. The van der Waals surface area contributed by atoms with Crippen LogP contribution in [0.1, 0.15) is 21.5 Å². The second-order valence-corrected chi connectivity index (χ2v) is 5.43. The van der Waals surface area contributed by atoms with Crippen LogP contribution < -0.4 is 24.3 Å². The highest BCUT2D eigenvalue weighted by molar-refractivity contribution is 6.06. The van der Waals surface area contributed by atoms with Crippen molar-refractivity contribution in [1.82, 2.24) is 0 Å². The fourth-order valence-corrected chi connectivity index (χ4v) is 2.61. The minimum atomic E-state index is -0.225. The van der Waals surface area contributed by atoms with Gasteiger partial charge in [0.15, 0.2) is 11.5 Å². The van der Waals surface area contributed by atoms with Crippen LogP contribution in [0.4, 0.5) is 5.69 Å². The molecule has 0 aromatic heterocycles. The second kappa shape index (κ2) is 7.79. The maximum Gasteiger partial charge on any atom is 0.255 e. The summed E-state index contributed by atoms with van der Waals surface area (Å²) in [6.45, 7) is 3.81. The smallest absolute Gasteiger partial charge is 0.255 e. The number of methoxy groups -OCH3 is 4. The van der Waals surface area contributed by atoms with E-state index < -0.39 is 0 Å². The molecule has 0 unspecified atom stereocenters. The van der Waals surface area contributed by atoms with E-state index in [-0.39, 0.29) is 5.91 Å². The number of rotatable bonds is 6. The molecule has 0 aliphatic heterocycles. The van der Waals surface area contributed by atoms with E-state index in [2.05, 4.69) is 5.32 Å². The van der Waals surface area contributed by atoms with Crippen LogP contribution in [0, 0.1) is 13.8 Å². The summed E-state index contributed by atoms with van der Waals surface area (Å²) in [6.07, 6.45) is 0. The SMILES string of the molecule is COc1ccc(C(=O)Nc2cc(OC)c(OC)c(OC)c2)c(C)c1C. The van der Waals surface area contributed by atoms with Gasteiger partial charge in [-0.2, -0.15) is 0 Å². The Morgan fingerprint density at radius 2 is 1.36 bits per heavy atom. The number of hydrogen-bond donors (Lipinski definition) is 1. The van der Waals surface area contributed by atoms with Gasteiger partial charge in [0, 0.05) is 23.4 Å². The maximum atomic E-state index is 12.7. The van der Waals surface area contributed by atoms with Gasteiger partial charge in [-0.15, -0.1) is 0 Å². The molecule has 1 amide bonds. The summed E-state index contributed by atoms with van der Waals surface area (Å²) >= 11 is 0. The van der Waals surface area contributed by atoms with Crippen LogP contribution >= 0.6 is 0 Å². The van der Waals surface area contributed by atoms with Gasteiger partial charge in [0.1, 0.15) is 5.75 Å². The van der Waals surface area contributed by atoms with Crippen LogP contribution in [0.2, 0.25) is 0 Å². The molecule has 134 valence electrons. The molecule has 0 heterocycles. The van der Waals surface area contributed by atoms with E-state index in [1.807, 2.05) is 13.8 Å². The molecule has 2 aromatic carbocycles. The highest BCUT2D eigenvalue weighted by atomic mass is 16.5. The average molecular weight is 345 g/mol. The van der Waals surface area contributed by atoms with Crippen molar-refractivity contribution in [2.45, 2.75) is 13.8 Å². The molecule has 0 bridgehead atoms. The number of anilines is 1. The van der Waals surface area contributed by atoms with Crippen molar-refractivity contribution in [2.24, 2.45) is 0 Å². The van der Waals surface area contributed by atoms with Gasteiger partial charge in [0.05, 0.1) is 28.4 Å². The van der Waals surface area contributed by atoms with Gasteiger partial charge in [-0.3, -0.25) is 4.79 Å². The number of amides is 1. The molecule has 0 saturated carbocycles. The Morgan fingerprint density at radius 1 is 0.800 bits per heavy atom. The average Bonchev–Trinajstić information content (AvgIpc) is 2.62. The van der Waals surface area contributed by atoms with Crippen molar-refractivity contribution < 1.29 is 23.7 Å². The molecule has 0 atom stereocenters. The Kier molecular flexibility index (Phi) is 5.75. The fourth-order valence-electron chi connectivity index (χ4n) is 2.61. The lowest BCUT2D eigenvalue weighted by atomic mass is 10.0. The third-order valence-corrected chi connectivity index (χ3v) is 4.12. The van der Waals surface area contributed by atoms with Gasteiger partial charge >= 0.3 is 0 Å². The third-order valence-electron chi connectivity index (χ3n) is 4.12. The van der Waals surface area contributed by atoms with E-state index in [4.69, 9.17) is 18.9 Å². The lowest BCUT2D eigenvalue weighted by Gasteiger charge is -2.16. The van der Waals surface area contributed by atoms with Gasteiger partial charge in [-0.1, -0.05) is 0 Å². The first kappa shape index (κ1) is 18.4. The summed E-state index contributed by atoms with van der Waals surface area (Å²) in [4.78, 5) is 12.7. The molecule has 2 rings (SSSR count). The molecule has 6 heteroatoms. The Labute approximate surface area is 147 Å². The van der Waals surface area contributed by atoms with E-state index in [1.165, 1.54) is 21.3 Å². The molecular weight excluding hydrogens is 322 g/mol. The zero-order valence-corrected chi connectivity index (χ0v) is 15.4. The lowest BCUT2D eigenvalue weighted by molar-refractivity contribution is 0.102. The number of ether oxygens (including phenoxy) is 4. The van der Waals surface area contributed by atoms with Gasteiger partial charge in [-0.05, 0) is 37.1 Å². The monoisotopic (exact) mass is 345 g/mol. The molecule has 0 fully saturated rings. The molecule has 0 saturated heterocycles. The van der Waals surface area contributed by atoms with Gasteiger partial charge in [0.25, 0.3) is 5.91 Å². The maximum absolute atomic E-state index is 12.7. The third kappa shape index (κ3) is 3.63. The summed E-state index contributed by atoms with van der Waals surface area (Å²) in [5, 5.41) is 2.87. The number of carbonyl (C=O) groups is 1. The number of benzene rings is 2. The van der Waals surface area contributed by atoms with Gasteiger partial charge in [0.2, 0.25) is 5.75 Å². The highest BCUT2D eigenvalue weighted by Gasteiger charge is 2.17. The van der Waals surface area contributed by atoms with E-state index in [9.17, 15) is 4.79 Å². The topological polar surface area (TPSA) is 66.0 Å². The Balaban J connectivity index is 2.37. The Bertz CT molecular complexity index is 761. The minimum absolute atomic E-state index is 0.225. The molecule has 0 spiro atoms. The van der Waals surface area contributed by atoms with E-state index in [0.29, 0.717) is 28.5 Å². The molecule has 25 heavy (non-hydrogen) atoms. The Morgan fingerprint density at radius 3 is 1.84 bits per heavy atom. The van der Waals surface area contributed by atoms with Crippen molar-refractivity contribution >= 4 is 11.6 Å².